The highest BCUT2D eigenvalue weighted by Gasteiger charge is 2.29. The van der Waals surface area contributed by atoms with Crippen LogP contribution in [0.3, 0.4) is 0 Å². The first-order valence-electron chi connectivity index (χ1n) is 8.40. The summed E-state index contributed by atoms with van der Waals surface area (Å²) in [6.07, 6.45) is 1.38. The summed E-state index contributed by atoms with van der Waals surface area (Å²) >= 11 is 0. The van der Waals surface area contributed by atoms with Gasteiger partial charge in [0.25, 0.3) is 0 Å². The summed E-state index contributed by atoms with van der Waals surface area (Å²) in [4.78, 5) is 13.7. The predicted octanol–water partition coefficient (Wildman–Crippen LogP) is 2.63. The van der Waals surface area contributed by atoms with E-state index < -0.39 is 10.0 Å². The van der Waals surface area contributed by atoms with Crippen LogP contribution < -0.4 is 9.64 Å². The highest BCUT2D eigenvalue weighted by atomic mass is 32.2. The molecule has 7 heteroatoms. The van der Waals surface area contributed by atoms with Gasteiger partial charge in [0, 0.05) is 20.0 Å². The van der Waals surface area contributed by atoms with Crippen molar-refractivity contribution in [3.8, 4) is 5.75 Å². The van der Waals surface area contributed by atoms with Crippen molar-refractivity contribution in [1.29, 1.82) is 0 Å². The Morgan fingerprint density at radius 2 is 1.92 bits per heavy atom. The van der Waals surface area contributed by atoms with Crippen molar-refractivity contribution in [2.75, 3.05) is 24.5 Å². The van der Waals surface area contributed by atoms with Gasteiger partial charge in [0.15, 0.2) is 0 Å². The van der Waals surface area contributed by atoms with Crippen molar-refractivity contribution in [1.82, 2.24) is 4.31 Å². The first-order chi connectivity index (χ1) is 11.3. The van der Waals surface area contributed by atoms with Crippen LogP contribution in [0.15, 0.2) is 23.1 Å². The maximum Gasteiger partial charge on any atom is 0.243 e. The Hall–Kier alpha value is -1.60. The van der Waals surface area contributed by atoms with Crippen LogP contribution in [0.5, 0.6) is 5.75 Å². The van der Waals surface area contributed by atoms with E-state index in [1.165, 1.54) is 11.2 Å². The van der Waals surface area contributed by atoms with E-state index >= 15 is 0 Å². The number of hydrogen-bond acceptors (Lipinski definition) is 4. The van der Waals surface area contributed by atoms with Crippen molar-refractivity contribution in [3.63, 3.8) is 0 Å². The molecule has 1 unspecified atom stereocenters. The number of anilines is 1. The lowest BCUT2D eigenvalue weighted by molar-refractivity contribution is -0.117. The number of carbonyl (C=O) groups excluding carboxylic acids is 1. The van der Waals surface area contributed by atoms with Gasteiger partial charge in [-0.3, -0.25) is 4.79 Å². The Balaban J connectivity index is 2.46. The normalized spacial score (nSPS) is 17.5. The molecule has 2 rings (SSSR count). The van der Waals surface area contributed by atoms with Gasteiger partial charge in [-0.25, -0.2) is 8.42 Å². The lowest BCUT2D eigenvalue weighted by atomic mass is 10.2. The third kappa shape index (κ3) is 3.72. The highest BCUT2D eigenvalue weighted by molar-refractivity contribution is 7.89. The first-order valence-corrected chi connectivity index (χ1v) is 9.84. The quantitative estimate of drug-likeness (QED) is 0.788. The summed E-state index contributed by atoms with van der Waals surface area (Å²) in [5, 5.41) is 0. The van der Waals surface area contributed by atoms with Crippen LogP contribution in [0.4, 0.5) is 5.69 Å². The second-order valence-corrected chi connectivity index (χ2v) is 8.03. The zero-order chi connectivity index (χ0) is 17.9. The van der Waals surface area contributed by atoms with Crippen LogP contribution in [-0.2, 0) is 14.8 Å². The fourth-order valence-corrected chi connectivity index (χ4v) is 4.52. The summed E-state index contributed by atoms with van der Waals surface area (Å²) < 4.78 is 33.1. The largest absolute Gasteiger partial charge is 0.487 e. The number of hydrogen-bond donors (Lipinski definition) is 0. The van der Waals surface area contributed by atoms with Crippen LogP contribution in [-0.4, -0.2) is 44.4 Å². The topological polar surface area (TPSA) is 66.9 Å². The maximum atomic E-state index is 12.9. The molecule has 1 aromatic carbocycles. The summed E-state index contributed by atoms with van der Waals surface area (Å²) in [5.74, 6) is 0.417. The highest BCUT2D eigenvalue weighted by Crippen LogP contribution is 2.36. The number of ether oxygens (including phenoxy) is 1. The van der Waals surface area contributed by atoms with Crippen LogP contribution in [0, 0.1) is 0 Å². The van der Waals surface area contributed by atoms with Crippen LogP contribution in [0.1, 0.15) is 40.5 Å². The number of benzene rings is 1. The second kappa shape index (κ2) is 7.53. The molecule has 0 aromatic heterocycles. The molecule has 0 fully saturated rings. The van der Waals surface area contributed by atoms with Crippen molar-refractivity contribution in [2.45, 2.75) is 51.5 Å². The van der Waals surface area contributed by atoms with E-state index in [2.05, 4.69) is 0 Å². The van der Waals surface area contributed by atoms with Gasteiger partial charge in [0.1, 0.15) is 11.9 Å². The second-order valence-electron chi connectivity index (χ2n) is 6.09. The molecule has 1 aliphatic rings. The Morgan fingerprint density at radius 1 is 1.29 bits per heavy atom. The Kier molecular flexibility index (Phi) is 5.87. The zero-order valence-electron chi connectivity index (χ0n) is 14.8. The van der Waals surface area contributed by atoms with Gasteiger partial charge in [-0.05, 0) is 38.0 Å². The lowest BCUT2D eigenvalue weighted by Gasteiger charge is -2.33. The molecule has 0 aliphatic carbocycles. The molecule has 1 amide bonds. The summed E-state index contributed by atoms with van der Waals surface area (Å²) in [6.45, 7) is 8.65. The molecule has 0 saturated heterocycles. The molecule has 1 heterocycles. The fourth-order valence-electron chi connectivity index (χ4n) is 2.88. The minimum absolute atomic E-state index is 0.125. The molecule has 1 atom stereocenters. The van der Waals surface area contributed by atoms with E-state index in [-0.39, 0.29) is 16.9 Å². The number of sulfonamides is 1. The molecule has 0 bridgehead atoms. The lowest BCUT2D eigenvalue weighted by Crippen LogP contribution is -2.41. The number of fused-ring (bicyclic) bond motifs is 1. The molecule has 0 spiro atoms. The molecule has 0 N–H and O–H groups in total. The first kappa shape index (κ1) is 18.7. The SMILES string of the molecule is CCCN(CCC)S(=O)(=O)c1ccc2c(c1)N(C(C)=O)CC(C)O2. The standard InChI is InChI=1S/C17H26N2O4S/c1-5-9-18(10-6-2)24(21,22)15-7-8-17-16(11-15)19(14(4)20)12-13(3)23-17/h7-8,11,13H,5-6,9-10,12H2,1-4H3. The monoisotopic (exact) mass is 354 g/mol. The molecule has 0 saturated carbocycles. The van der Waals surface area contributed by atoms with E-state index in [1.807, 2.05) is 20.8 Å². The average molecular weight is 354 g/mol. The Labute approximate surface area is 144 Å². The molecule has 1 aromatic rings. The number of nitrogens with zero attached hydrogens (tertiary/aromatic N) is 2. The Bertz CT molecular complexity index is 697. The van der Waals surface area contributed by atoms with E-state index in [0.717, 1.165) is 12.8 Å². The molecule has 0 radical (unpaired) electrons. The van der Waals surface area contributed by atoms with Gasteiger partial charge in [0.2, 0.25) is 15.9 Å². The van der Waals surface area contributed by atoms with Gasteiger partial charge in [-0.1, -0.05) is 13.8 Å². The van der Waals surface area contributed by atoms with Gasteiger partial charge in [0.05, 0.1) is 17.1 Å². The number of amides is 1. The van der Waals surface area contributed by atoms with E-state index in [4.69, 9.17) is 4.74 Å². The minimum atomic E-state index is -3.58. The summed E-state index contributed by atoms with van der Waals surface area (Å²) in [5.41, 5.74) is 0.523. The van der Waals surface area contributed by atoms with E-state index in [0.29, 0.717) is 31.1 Å². The molecular weight excluding hydrogens is 328 g/mol. The number of carbonyl (C=O) groups is 1. The molecular formula is C17H26N2O4S. The van der Waals surface area contributed by atoms with Gasteiger partial charge in [-0.15, -0.1) is 0 Å². The van der Waals surface area contributed by atoms with Crippen molar-refractivity contribution < 1.29 is 17.9 Å². The van der Waals surface area contributed by atoms with Gasteiger partial charge in [-0.2, -0.15) is 4.31 Å². The molecule has 6 nitrogen and oxygen atoms in total. The smallest absolute Gasteiger partial charge is 0.243 e. The molecule has 134 valence electrons. The maximum absolute atomic E-state index is 12.9. The van der Waals surface area contributed by atoms with Crippen molar-refractivity contribution in [2.24, 2.45) is 0 Å². The van der Waals surface area contributed by atoms with E-state index in [9.17, 15) is 13.2 Å². The fraction of sp³-hybridized carbons (Fsp3) is 0.588. The molecule has 1 aliphatic heterocycles. The van der Waals surface area contributed by atoms with Crippen molar-refractivity contribution in [3.05, 3.63) is 18.2 Å². The zero-order valence-corrected chi connectivity index (χ0v) is 15.6. The summed E-state index contributed by atoms with van der Waals surface area (Å²) in [6, 6.07) is 4.75. The third-order valence-corrected chi connectivity index (χ3v) is 5.85. The minimum Gasteiger partial charge on any atom is -0.487 e. The van der Waals surface area contributed by atoms with Gasteiger partial charge < -0.3 is 9.64 Å². The summed E-state index contributed by atoms with van der Waals surface area (Å²) in [7, 11) is -3.58. The van der Waals surface area contributed by atoms with Crippen molar-refractivity contribution >= 4 is 21.6 Å². The third-order valence-electron chi connectivity index (χ3n) is 3.95. The number of rotatable bonds is 6. The van der Waals surface area contributed by atoms with Crippen LogP contribution in [0.2, 0.25) is 0 Å². The van der Waals surface area contributed by atoms with E-state index in [1.54, 1.807) is 23.1 Å². The Morgan fingerprint density at radius 3 is 2.46 bits per heavy atom. The predicted molar refractivity (Wildman–Crippen MR) is 93.9 cm³/mol. The van der Waals surface area contributed by atoms with Crippen LogP contribution in [0.25, 0.3) is 0 Å². The molecule has 24 heavy (non-hydrogen) atoms. The van der Waals surface area contributed by atoms with Gasteiger partial charge >= 0.3 is 0 Å². The average Bonchev–Trinajstić information content (AvgIpc) is 2.53. The van der Waals surface area contributed by atoms with Crippen LogP contribution >= 0.6 is 0 Å².